The van der Waals surface area contributed by atoms with Gasteiger partial charge in [-0.25, -0.2) is 4.98 Å². The van der Waals surface area contributed by atoms with Crippen LogP contribution in [-0.2, 0) is 20.2 Å². The molecule has 0 bridgehead atoms. The van der Waals surface area contributed by atoms with Gasteiger partial charge in [0, 0.05) is 39.1 Å². The maximum absolute atomic E-state index is 12.5. The molecule has 0 aliphatic carbocycles. The van der Waals surface area contributed by atoms with E-state index in [9.17, 15) is 4.79 Å². The molecule has 3 rings (SSSR count). The third-order valence-corrected chi connectivity index (χ3v) is 4.01. The van der Waals surface area contributed by atoms with Gasteiger partial charge in [0.2, 0.25) is 0 Å². The average molecular weight is 304 g/mol. The first-order chi connectivity index (χ1) is 10.7. The molecule has 0 spiro atoms. The Morgan fingerprint density at radius 1 is 1.50 bits per heavy atom. The largest absolute Gasteiger partial charge is 0.390 e. The topological polar surface area (TPSA) is 89.1 Å². The molecule has 8 nitrogen and oxygen atoms in total. The number of aromatic nitrogens is 5. The van der Waals surface area contributed by atoms with Crippen molar-refractivity contribution in [1.29, 1.82) is 0 Å². The summed E-state index contributed by atoms with van der Waals surface area (Å²) in [6, 6.07) is 0. The number of aryl methyl sites for hydroxylation is 1. The van der Waals surface area contributed by atoms with E-state index in [1.807, 2.05) is 11.9 Å². The molecule has 1 aliphatic rings. The van der Waals surface area contributed by atoms with Crippen molar-refractivity contribution in [2.24, 2.45) is 13.0 Å². The zero-order valence-electron chi connectivity index (χ0n) is 12.6. The number of aliphatic hydroxyl groups excluding tert-OH is 1. The predicted molar refractivity (Wildman–Crippen MR) is 77.8 cm³/mol. The van der Waals surface area contributed by atoms with Gasteiger partial charge in [0.25, 0.3) is 5.91 Å². The SMILES string of the molecule is Cn1ccnc1C(=O)N1CCCC(Cn2cc(CO)nn2)C1. The Kier molecular flexibility index (Phi) is 4.19. The second-order valence-electron chi connectivity index (χ2n) is 5.71. The molecule has 1 atom stereocenters. The smallest absolute Gasteiger partial charge is 0.289 e. The number of nitrogens with zero attached hydrogens (tertiary/aromatic N) is 6. The van der Waals surface area contributed by atoms with E-state index < -0.39 is 0 Å². The van der Waals surface area contributed by atoms with E-state index in [0.29, 0.717) is 30.5 Å². The Morgan fingerprint density at radius 2 is 2.36 bits per heavy atom. The number of piperidine rings is 1. The fraction of sp³-hybridized carbons (Fsp3) is 0.571. The van der Waals surface area contributed by atoms with E-state index in [2.05, 4.69) is 15.3 Å². The van der Waals surface area contributed by atoms with E-state index in [1.54, 1.807) is 27.8 Å². The Balaban J connectivity index is 1.64. The molecule has 0 saturated carbocycles. The van der Waals surface area contributed by atoms with Crippen LogP contribution in [0.1, 0.15) is 29.2 Å². The van der Waals surface area contributed by atoms with Gasteiger partial charge in [0.15, 0.2) is 5.82 Å². The van der Waals surface area contributed by atoms with Gasteiger partial charge in [-0.3, -0.25) is 9.48 Å². The number of hydrogen-bond donors (Lipinski definition) is 1. The van der Waals surface area contributed by atoms with Gasteiger partial charge in [-0.1, -0.05) is 5.21 Å². The molecule has 1 fully saturated rings. The minimum atomic E-state index is -0.103. The van der Waals surface area contributed by atoms with Crippen LogP contribution in [0, 0.1) is 5.92 Å². The lowest BCUT2D eigenvalue weighted by Gasteiger charge is -2.32. The zero-order chi connectivity index (χ0) is 15.5. The molecule has 1 saturated heterocycles. The standard InChI is InChI=1S/C14H20N6O2/c1-18-6-4-15-13(18)14(22)19-5-2-3-11(7-19)8-20-9-12(10-21)16-17-20/h4,6,9,11,21H,2-3,5,7-8,10H2,1H3. The molecule has 2 aromatic rings. The Hall–Kier alpha value is -2.22. The predicted octanol–water partition coefficient (Wildman–Crippen LogP) is 0.0563. The highest BCUT2D eigenvalue weighted by molar-refractivity contribution is 5.90. The van der Waals surface area contributed by atoms with Crippen molar-refractivity contribution < 1.29 is 9.90 Å². The molecule has 1 aliphatic heterocycles. The quantitative estimate of drug-likeness (QED) is 0.862. The number of amides is 1. The van der Waals surface area contributed by atoms with Gasteiger partial charge in [-0.05, 0) is 18.8 Å². The number of hydrogen-bond acceptors (Lipinski definition) is 5. The Bertz CT molecular complexity index is 649. The number of carbonyl (C=O) groups excluding carboxylic acids is 1. The van der Waals surface area contributed by atoms with Gasteiger partial charge in [-0.15, -0.1) is 5.10 Å². The number of carbonyl (C=O) groups is 1. The number of aliphatic hydroxyl groups is 1. The van der Waals surface area contributed by atoms with Gasteiger partial charge in [0.05, 0.1) is 12.8 Å². The number of likely N-dealkylation sites (tertiary alicyclic amines) is 1. The van der Waals surface area contributed by atoms with Crippen molar-refractivity contribution in [3.8, 4) is 0 Å². The lowest BCUT2D eigenvalue weighted by Crippen LogP contribution is -2.42. The zero-order valence-corrected chi connectivity index (χ0v) is 12.6. The minimum absolute atomic E-state index is 0.0214. The maximum atomic E-state index is 12.5. The third-order valence-electron chi connectivity index (χ3n) is 4.01. The fourth-order valence-electron chi connectivity index (χ4n) is 2.88. The van der Waals surface area contributed by atoms with Crippen molar-refractivity contribution >= 4 is 5.91 Å². The lowest BCUT2D eigenvalue weighted by atomic mass is 9.98. The molecule has 3 heterocycles. The molecule has 2 aromatic heterocycles. The summed E-state index contributed by atoms with van der Waals surface area (Å²) in [5.74, 6) is 0.794. The van der Waals surface area contributed by atoms with Crippen molar-refractivity contribution in [3.63, 3.8) is 0 Å². The van der Waals surface area contributed by atoms with Crippen LogP contribution in [0.15, 0.2) is 18.6 Å². The molecule has 1 N–H and O–H groups in total. The highest BCUT2D eigenvalue weighted by atomic mass is 16.3. The lowest BCUT2D eigenvalue weighted by molar-refractivity contribution is 0.0643. The van der Waals surface area contributed by atoms with Crippen LogP contribution in [0.2, 0.25) is 0 Å². The first-order valence-corrected chi connectivity index (χ1v) is 7.44. The second kappa shape index (κ2) is 6.27. The van der Waals surface area contributed by atoms with E-state index in [4.69, 9.17) is 5.11 Å². The van der Waals surface area contributed by atoms with Crippen LogP contribution < -0.4 is 0 Å². The number of rotatable bonds is 4. The number of imidazole rings is 1. The van der Waals surface area contributed by atoms with Crippen LogP contribution in [-0.4, -0.2) is 53.5 Å². The summed E-state index contributed by atoms with van der Waals surface area (Å²) < 4.78 is 3.49. The van der Waals surface area contributed by atoms with Gasteiger partial charge in [-0.2, -0.15) is 0 Å². The van der Waals surface area contributed by atoms with Gasteiger partial charge >= 0.3 is 0 Å². The molecule has 0 aromatic carbocycles. The highest BCUT2D eigenvalue weighted by Crippen LogP contribution is 2.19. The summed E-state index contributed by atoms with van der Waals surface area (Å²) in [6.07, 6.45) is 7.20. The molecule has 1 amide bonds. The average Bonchev–Trinajstić information content (AvgIpc) is 3.15. The summed E-state index contributed by atoms with van der Waals surface area (Å²) in [7, 11) is 1.83. The normalized spacial score (nSPS) is 18.6. The summed E-state index contributed by atoms with van der Waals surface area (Å²) >= 11 is 0. The van der Waals surface area contributed by atoms with Crippen molar-refractivity contribution in [2.75, 3.05) is 13.1 Å². The first kappa shape index (κ1) is 14.7. The van der Waals surface area contributed by atoms with Crippen LogP contribution in [0.25, 0.3) is 0 Å². The molecule has 118 valence electrons. The fourth-order valence-corrected chi connectivity index (χ4v) is 2.88. The molecular weight excluding hydrogens is 284 g/mol. The van der Waals surface area contributed by atoms with Crippen LogP contribution in [0.3, 0.4) is 0 Å². The molecule has 22 heavy (non-hydrogen) atoms. The molecule has 0 radical (unpaired) electrons. The second-order valence-corrected chi connectivity index (χ2v) is 5.71. The summed E-state index contributed by atoms with van der Waals surface area (Å²) in [4.78, 5) is 18.5. The van der Waals surface area contributed by atoms with Gasteiger partial charge in [0.1, 0.15) is 5.69 Å². The third kappa shape index (κ3) is 3.01. The van der Waals surface area contributed by atoms with Crippen LogP contribution >= 0.6 is 0 Å². The van der Waals surface area contributed by atoms with E-state index >= 15 is 0 Å². The van der Waals surface area contributed by atoms with Crippen molar-refractivity contribution in [2.45, 2.75) is 26.0 Å². The maximum Gasteiger partial charge on any atom is 0.289 e. The summed E-state index contributed by atoms with van der Waals surface area (Å²) in [5.41, 5.74) is 0.566. The van der Waals surface area contributed by atoms with Crippen molar-refractivity contribution in [1.82, 2.24) is 29.4 Å². The van der Waals surface area contributed by atoms with Crippen molar-refractivity contribution in [3.05, 3.63) is 30.1 Å². The van der Waals surface area contributed by atoms with Crippen LogP contribution in [0.5, 0.6) is 0 Å². The monoisotopic (exact) mass is 304 g/mol. The molecule has 1 unspecified atom stereocenters. The Labute approximate surface area is 128 Å². The summed E-state index contributed by atoms with van der Waals surface area (Å²) in [6.45, 7) is 2.06. The molecular formula is C14H20N6O2. The minimum Gasteiger partial charge on any atom is -0.390 e. The highest BCUT2D eigenvalue weighted by Gasteiger charge is 2.26. The Morgan fingerprint density at radius 3 is 3.05 bits per heavy atom. The van der Waals surface area contributed by atoms with E-state index in [-0.39, 0.29) is 12.5 Å². The molecule has 8 heteroatoms. The van der Waals surface area contributed by atoms with Gasteiger partial charge < -0.3 is 14.6 Å². The first-order valence-electron chi connectivity index (χ1n) is 7.44. The van der Waals surface area contributed by atoms with E-state index in [0.717, 1.165) is 19.4 Å². The van der Waals surface area contributed by atoms with Crippen LogP contribution in [0.4, 0.5) is 0 Å². The van der Waals surface area contributed by atoms with E-state index in [1.165, 1.54) is 0 Å². The summed E-state index contributed by atoms with van der Waals surface area (Å²) in [5, 5.41) is 16.9.